The van der Waals surface area contributed by atoms with Crippen molar-refractivity contribution in [2.24, 2.45) is 0 Å². The second-order valence-electron chi connectivity index (χ2n) is 10.8. The maximum atomic E-state index is 13.6. The SMILES string of the molecule is CNC/C=C/C(=O)Nc1ccc(C(=O)Nc2cccc(Nc3ncc(Cl)c(-c4cn(S(=O)(=O)c5ccccc5)c5ccccc45)n3)c2)cc1. The number of halogens is 1. The minimum Gasteiger partial charge on any atom is -0.324 e. The van der Waals surface area contributed by atoms with Crippen LogP contribution < -0.4 is 21.3 Å². The number of carbonyl (C=O) groups is 2. The van der Waals surface area contributed by atoms with Crippen LogP contribution in [0.2, 0.25) is 5.02 Å². The van der Waals surface area contributed by atoms with Gasteiger partial charge < -0.3 is 21.3 Å². The molecule has 0 unspecified atom stereocenters. The van der Waals surface area contributed by atoms with Crippen molar-refractivity contribution in [3.63, 3.8) is 0 Å². The highest BCUT2D eigenvalue weighted by atomic mass is 35.5. The average molecular weight is 692 g/mol. The molecule has 0 saturated heterocycles. The summed E-state index contributed by atoms with van der Waals surface area (Å²) in [5.74, 6) is -0.392. The van der Waals surface area contributed by atoms with Crippen molar-refractivity contribution in [3.8, 4) is 11.3 Å². The molecule has 0 fully saturated rings. The van der Waals surface area contributed by atoms with E-state index in [0.29, 0.717) is 51.3 Å². The van der Waals surface area contributed by atoms with Gasteiger partial charge in [-0.15, -0.1) is 0 Å². The molecule has 2 amide bonds. The van der Waals surface area contributed by atoms with Crippen LogP contribution in [-0.2, 0) is 14.8 Å². The molecular formula is C36H30ClN7O4S. The van der Waals surface area contributed by atoms with E-state index in [1.807, 2.05) is 12.1 Å². The number of aromatic nitrogens is 3. The predicted octanol–water partition coefficient (Wildman–Crippen LogP) is 6.70. The summed E-state index contributed by atoms with van der Waals surface area (Å²) in [5.41, 5.74) is 3.41. The Kier molecular flexibility index (Phi) is 9.81. The first kappa shape index (κ1) is 33.1. The highest BCUT2D eigenvalue weighted by Gasteiger charge is 2.23. The molecule has 4 aromatic carbocycles. The molecule has 6 rings (SSSR count). The molecule has 0 bridgehead atoms. The number of rotatable bonds is 11. The first-order valence-corrected chi connectivity index (χ1v) is 16.9. The van der Waals surface area contributed by atoms with Crippen LogP contribution in [-0.4, -0.2) is 47.8 Å². The standard InChI is InChI=1S/C36H30ClN7O4S/c1-38-20-8-15-33(45)40-25-18-16-24(17-19-25)35(46)41-26-9-7-10-27(21-26)42-36-39-22-31(37)34(43-36)30-23-44(32-14-6-5-13-29(30)32)49(47,48)28-11-3-2-4-12-28/h2-19,21-23,38H,20H2,1H3,(H,40,45)(H,41,46)(H,39,42,43)/b15-8+. The Morgan fingerprint density at radius 1 is 0.857 bits per heavy atom. The van der Waals surface area contributed by atoms with E-state index in [2.05, 4.69) is 31.2 Å². The lowest BCUT2D eigenvalue weighted by atomic mass is 10.1. The molecule has 0 spiro atoms. The lowest BCUT2D eigenvalue weighted by Gasteiger charge is -2.10. The highest BCUT2D eigenvalue weighted by molar-refractivity contribution is 7.90. The second-order valence-corrected chi connectivity index (χ2v) is 13.0. The van der Waals surface area contributed by atoms with Gasteiger partial charge in [0.15, 0.2) is 0 Å². The van der Waals surface area contributed by atoms with Gasteiger partial charge in [0.2, 0.25) is 11.9 Å². The van der Waals surface area contributed by atoms with Gasteiger partial charge in [-0.2, -0.15) is 0 Å². The van der Waals surface area contributed by atoms with E-state index in [0.717, 1.165) is 0 Å². The quantitative estimate of drug-likeness (QED) is 0.110. The molecule has 11 nitrogen and oxygen atoms in total. The number of hydrogen-bond acceptors (Lipinski definition) is 8. The molecular weight excluding hydrogens is 662 g/mol. The van der Waals surface area contributed by atoms with Crippen LogP contribution in [0.4, 0.5) is 23.0 Å². The second kappa shape index (κ2) is 14.5. The Labute approximate surface area is 287 Å². The van der Waals surface area contributed by atoms with Crippen LogP contribution in [0, 0.1) is 0 Å². The summed E-state index contributed by atoms with van der Waals surface area (Å²) in [5, 5.41) is 12.6. The number of para-hydroxylation sites is 1. The van der Waals surface area contributed by atoms with E-state index < -0.39 is 10.0 Å². The summed E-state index contributed by atoms with van der Waals surface area (Å²) in [4.78, 5) is 34.1. The van der Waals surface area contributed by atoms with Gasteiger partial charge in [-0.3, -0.25) is 9.59 Å². The largest absolute Gasteiger partial charge is 0.324 e. The Morgan fingerprint density at radius 2 is 1.59 bits per heavy atom. The van der Waals surface area contributed by atoms with E-state index in [-0.39, 0.29) is 27.7 Å². The molecule has 0 aliphatic carbocycles. The number of nitrogens with one attached hydrogen (secondary N) is 4. The van der Waals surface area contributed by atoms with Crippen molar-refractivity contribution in [2.75, 3.05) is 29.5 Å². The molecule has 0 aliphatic rings. The monoisotopic (exact) mass is 691 g/mol. The lowest BCUT2D eigenvalue weighted by Crippen LogP contribution is -2.13. The van der Waals surface area contributed by atoms with Crippen molar-refractivity contribution in [2.45, 2.75) is 4.90 Å². The zero-order chi connectivity index (χ0) is 34.4. The number of likely N-dealkylation sites (N-methyl/N-ethyl adjacent to an activating group) is 1. The highest BCUT2D eigenvalue weighted by Crippen LogP contribution is 2.36. The molecule has 0 atom stereocenters. The maximum Gasteiger partial charge on any atom is 0.268 e. The minimum atomic E-state index is -3.91. The Hall–Kier alpha value is -5.82. The summed E-state index contributed by atoms with van der Waals surface area (Å²) in [7, 11) is -2.12. The third-order valence-electron chi connectivity index (χ3n) is 7.36. The molecule has 0 aliphatic heterocycles. The van der Waals surface area contributed by atoms with Crippen LogP contribution in [0.3, 0.4) is 0 Å². The summed E-state index contributed by atoms with van der Waals surface area (Å²) < 4.78 is 28.5. The van der Waals surface area contributed by atoms with E-state index in [1.165, 1.54) is 22.4 Å². The summed E-state index contributed by atoms with van der Waals surface area (Å²) >= 11 is 6.59. The third-order valence-corrected chi connectivity index (χ3v) is 9.32. The Bertz CT molecular complexity index is 2290. The van der Waals surface area contributed by atoms with Crippen LogP contribution >= 0.6 is 11.6 Å². The molecule has 6 aromatic rings. The summed E-state index contributed by atoms with van der Waals surface area (Å²) in [6, 6.07) is 28.9. The number of fused-ring (bicyclic) bond motifs is 1. The third kappa shape index (κ3) is 7.52. The molecule has 4 N–H and O–H groups in total. The fourth-order valence-corrected chi connectivity index (χ4v) is 6.62. The van der Waals surface area contributed by atoms with Crippen molar-refractivity contribution in [1.82, 2.24) is 19.3 Å². The average Bonchev–Trinajstić information content (AvgIpc) is 3.50. The van der Waals surface area contributed by atoms with Crippen molar-refractivity contribution in [1.29, 1.82) is 0 Å². The summed E-state index contributed by atoms with van der Waals surface area (Å²) in [6.45, 7) is 0.576. The van der Waals surface area contributed by atoms with Crippen molar-refractivity contribution < 1.29 is 18.0 Å². The number of anilines is 4. The van der Waals surface area contributed by atoms with Crippen LogP contribution in [0.15, 0.2) is 133 Å². The molecule has 13 heteroatoms. The minimum absolute atomic E-state index is 0.153. The van der Waals surface area contributed by atoms with Crippen molar-refractivity contribution >= 4 is 67.4 Å². The fraction of sp³-hybridized carbons (Fsp3) is 0.0556. The Morgan fingerprint density at radius 3 is 2.37 bits per heavy atom. The van der Waals surface area contributed by atoms with Crippen molar-refractivity contribution in [3.05, 3.63) is 138 Å². The number of hydrogen-bond donors (Lipinski definition) is 4. The van der Waals surface area contributed by atoms with Gasteiger partial charge in [0, 0.05) is 52.4 Å². The smallest absolute Gasteiger partial charge is 0.268 e. The lowest BCUT2D eigenvalue weighted by molar-refractivity contribution is -0.111. The zero-order valence-corrected chi connectivity index (χ0v) is 27.7. The van der Waals surface area contributed by atoms with E-state index >= 15 is 0 Å². The summed E-state index contributed by atoms with van der Waals surface area (Å²) in [6.07, 6.45) is 6.11. The maximum absolute atomic E-state index is 13.6. The van der Waals surface area contributed by atoms with E-state index in [1.54, 1.807) is 104 Å². The van der Waals surface area contributed by atoms with Gasteiger partial charge in [-0.1, -0.05) is 60.1 Å². The fourth-order valence-electron chi connectivity index (χ4n) is 5.04. The number of nitrogens with zero attached hydrogens (tertiary/aromatic N) is 3. The molecule has 49 heavy (non-hydrogen) atoms. The Balaban J connectivity index is 1.20. The van der Waals surface area contributed by atoms with Crippen LogP contribution in [0.1, 0.15) is 10.4 Å². The first-order valence-electron chi connectivity index (χ1n) is 15.1. The van der Waals surface area contributed by atoms with Gasteiger partial charge in [0.25, 0.3) is 15.9 Å². The predicted molar refractivity (Wildman–Crippen MR) is 193 cm³/mol. The number of carbonyl (C=O) groups excluding carboxylic acids is 2. The van der Waals surface area contributed by atoms with E-state index in [9.17, 15) is 18.0 Å². The normalized spacial score (nSPS) is 11.5. The topological polar surface area (TPSA) is 147 Å². The van der Waals surface area contributed by atoms with Gasteiger partial charge >= 0.3 is 0 Å². The van der Waals surface area contributed by atoms with Gasteiger partial charge in [0.05, 0.1) is 27.3 Å². The van der Waals surface area contributed by atoms with Crippen LogP contribution in [0.5, 0.6) is 0 Å². The van der Waals surface area contributed by atoms with E-state index in [4.69, 9.17) is 11.6 Å². The molecule has 0 saturated carbocycles. The first-order chi connectivity index (χ1) is 23.7. The zero-order valence-electron chi connectivity index (χ0n) is 26.1. The van der Waals surface area contributed by atoms with Gasteiger partial charge in [-0.05, 0) is 67.7 Å². The number of amides is 2. The molecule has 2 heterocycles. The van der Waals surface area contributed by atoms with Gasteiger partial charge in [0.1, 0.15) is 0 Å². The molecule has 246 valence electrons. The molecule has 0 radical (unpaired) electrons. The molecule has 2 aromatic heterocycles. The van der Waals surface area contributed by atoms with Crippen LogP contribution in [0.25, 0.3) is 22.2 Å². The van der Waals surface area contributed by atoms with Gasteiger partial charge in [-0.25, -0.2) is 22.4 Å². The number of benzene rings is 4.